The molecule has 0 saturated carbocycles. The largest absolute Gasteiger partial charge is 0.497 e. The summed E-state index contributed by atoms with van der Waals surface area (Å²) in [4.78, 5) is 0.0489. The Balaban J connectivity index is 2.39. The van der Waals surface area contributed by atoms with Crippen LogP contribution in [-0.4, -0.2) is 7.11 Å². The minimum atomic E-state index is 0.0489. The smallest absolute Gasteiger partial charge is 0.120 e. The van der Waals surface area contributed by atoms with Gasteiger partial charge in [-0.2, -0.15) is 0 Å². The molecule has 6 heteroatoms. The SMILES string of the molecule is COc1ccc(C(Br)c2cc(Br)sc2Br)c(Cl)c1. The molecule has 1 aromatic heterocycles. The van der Waals surface area contributed by atoms with Gasteiger partial charge in [-0.25, -0.2) is 0 Å². The van der Waals surface area contributed by atoms with E-state index in [1.807, 2.05) is 18.2 Å². The Morgan fingerprint density at radius 1 is 1.22 bits per heavy atom. The zero-order chi connectivity index (χ0) is 13.3. The maximum absolute atomic E-state index is 6.28. The van der Waals surface area contributed by atoms with Gasteiger partial charge < -0.3 is 4.74 Å². The molecule has 0 amide bonds. The minimum Gasteiger partial charge on any atom is -0.497 e. The third kappa shape index (κ3) is 3.12. The summed E-state index contributed by atoms with van der Waals surface area (Å²) in [6, 6.07) is 7.78. The molecule has 1 atom stereocenters. The number of hydrogen-bond donors (Lipinski definition) is 0. The van der Waals surface area contributed by atoms with E-state index in [1.54, 1.807) is 18.4 Å². The minimum absolute atomic E-state index is 0.0489. The summed E-state index contributed by atoms with van der Waals surface area (Å²) in [5, 5.41) is 0.686. The Morgan fingerprint density at radius 2 is 1.94 bits per heavy atom. The molecule has 0 aliphatic carbocycles. The van der Waals surface area contributed by atoms with Gasteiger partial charge in [0.1, 0.15) is 5.75 Å². The number of hydrogen-bond acceptors (Lipinski definition) is 2. The fourth-order valence-corrected chi connectivity index (χ4v) is 6.07. The summed E-state index contributed by atoms with van der Waals surface area (Å²) in [5.41, 5.74) is 2.17. The fourth-order valence-electron chi connectivity index (χ4n) is 1.53. The predicted octanol–water partition coefficient (Wildman–Crippen LogP) is 6.42. The summed E-state index contributed by atoms with van der Waals surface area (Å²) >= 11 is 18.6. The molecule has 2 aromatic rings. The van der Waals surface area contributed by atoms with Crippen molar-refractivity contribution in [2.24, 2.45) is 0 Å². The molecule has 1 heterocycles. The second kappa shape index (κ2) is 6.27. The van der Waals surface area contributed by atoms with Crippen LogP contribution in [0.1, 0.15) is 16.0 Å². The van der Waals surface area contributed by atoms with Gasteiger partial charge in [-0.3, -0.25) is 0 Å². The summed E-state index contributed by atoms with van der Waals surface area (Å²) in [6.07, 6.45) is 0. The van der Waals surface area contributed by atoms with Crippen LogP contribution in [0.15, 0.2) is 31.8 Å². The molecule has 18 heavy (non-hydrogen) atoms. The quantitative estimate of drug-likeness (QED) is 0.466. The third-order valence-corrected chi connectivity index (χ3v) is 6.14. The Hall–Kier alpha value is 0.450. The van der Waals surface area contributed by atoms with Crippen LogP contribution in [0.4, 0.5) is 0 Å². The van der Waals surface area contributed by atoms with Crippen molar-refractivity contribution in [2.75, 3.05) is 7.11 Å². The van der Waals surface area contributed by atoms with Gasteiger partial charge in [-0.15, -0.1) is 11.3 Å². The van der Waals surface area contributed by atoms with Crippen LogP contribution in [0, 0.1) is 0 Å². The standard InChI is InChI=1S/C12H8Br3ClOS/c1-17-6-2-3-7(9(16)4-6)11(14)8-5-10(13)18-12(8)15/h2-5,11H,1H3. The number of benzene rings is 1. The summed E-state index contributed by atoms with van der Waals surface area (Å²) < 4.78 is 7.32. The number of methoxy groups -OCH3 is 1. The predicted molar refractivity (Wildman–Crippen MR) is 88.5 cm³/mol. The van der Waals surface area contributed by atoms with Crippen LogP contribution in [0.2, 0.25) is 5.02 Å². The molecule has 1 aromatic carbocycles. The van der Waals surface area contributed by atoms with Gasteiger partial charge in [0, 0.05) is 5.02 Å². The van der Waals surface area contributed by atoms with E-state index in [9.17, 15) is 0 Å². The van der Waals surface area contributed by atoms with Crippen molar-refractivity contribution >= 4 is 70.7 Å². The van der Waals surface area contributed by atoms with Crippen LogP contribution in [0.3, 0.4) is 0 Å². The maximum atomic E-state index is 6.28. The highest BCUT2D eigenvalue weighted by Gasteiger charge is 2.19. The molecule has 0 bridgehead atoms. The van der Waals surface area contributed by atoms with E-state index in [0.29, 0.717) is 5.02 Å². The third-order valence-electron chi connectivity index (χ3n) is 2.44. The molecule has 0 spiro atoms. The number of ether oxygens (including phenoxy) is 1. The Kier molecular flexibility index (Phi) is 5.17. The van der Waals surface area contributed by atoms with E-state index in [4.69, 9.17) is 16.3 Å². The van der Waals surface area contributed by atoms with Gasteiger partial charge >= 0.3 is 0 Å². The van der Waals surface area contributed by atoms with Crippen LogP contribution in [0.25, 0.3) is 0 Å². The first-order chi connectivity index (χ1) is 8.52. The second-order valence-corrected chi connectivity index (χ2v) is 8.60. The highest BCUT2D eigenvalue weighted by atomic mass is 79.9. The van der Waals surface area contributed by atoms with Gasteiger partial charge in [0.2, 0.25) is 0 Å². The average Bonchev–Trinajstić information content (AvgIpc) is 2.67. The highest BCUT2D eigenvalue weighted by Crippen LogP contribution is 2.44. The van der Waals surface area contributed by atoms with Gasteiger partial charge in [0.25, 0.3) is 0 Å². The first-order valence-electron chi connectivity index (χ1n) is 4.95. The van der Waals surface area contributed by atoms with Crippen LogP contribution >= 0.6 is 70.7 Å². The Morgan fingerprint density at radius 3 is 2.44 bits per heavy atom. The van der Waals surface area contributed by atoms with Crippen molar-refractivity contribution in [2.45, 2.75) is 4.83 Å². The molecule has 96 valence electrons. The maximum Gasteiger partial charge on any atom is 0.120 e. The van der Waals surface area contributed by atoms with Gasteiger partial charge in [-0.1, -0.05) is 33.6 Å². The van der Waals surface area contributed by atoms with E-state index < -0.39 is 0 Å². The molecule has 0 fully saturated rings. The topological polar surface area (TPSA) is 9.23 Å². The Labute approximate surface area is 140 Å². The molecular formula is C12H8Br3ClOS. The molecular weight excluding hydrogens is 467 g/mol. The summed E-state index contributed by atoms with van der Waals surface area (Å²) in [6.45, 7) is 0. The molecule has 2 rings (SSSR count). The summed E-state index contributed by atoms with van der Waals surface area (Å²) in [5.74, 6) is 0.758. The molecule has 0 N–H and O–H groups in total. The van der Waals surface area contributed by atoms with Crippen molar-refractivity contribution < 1.29 is 4.74 Å². The molecule has 0 aliphatic heterocycles. The fraction of sp³-hybridized carbons (Fsp3) is 0.167. The molecule has 1 unspecified atom stereocenters. The zero-order valence-corrected chi connectivity index (χ0v) is 15.5. The lowest BCUT2D eigenvalue weighted by molar-refractivity contribution is 0.414. The average molecular weight is 475 g/mol. The van der Waals surface area contributed by atoms with Gasteiger partial charge in [0.15, 0.2) is 0 Å². The van der Waals surface area contributed by atoms with Crippen molar-refractivity contribution in [1.82, 2.24) is 0 Å². The van der Waals surface area contributed by atoms with Crippen molar-refractivity contribution in [1.29, 1.82) is 0 Å². The van der Waals surface area contributed by atoms with E-state index in [2.05, 4.69) is 53.9 Å². The molecule has 0 radical (unpaired) electrons. The van der Waals surface area contributed by atoms with E-state index >= 15 is 0 Å². The summed E-state index contributed by atoms with van der Waals surface area (Å²) in [7, 11) is 1.63. The molecule has 0 saturated heterocycles. The normalized spacial score (nSPS) is 12.5. The number of alkyl halides is 1. The van der Waals surface area contributed by atoms with Crippen LogP contribution in [-0.2, 0) is 0 Å². The number of rotatable bonds is 3. The van der Waals surface area contributed by atoms with Crippen LogP contribution in [0.5, 0.6) is 5.75 Å². The lowest BCUT2D eigenvalue weighted by Gasteiger charge is -2.12. The number of thiophene rings is 1. The van der Waals surface area contributed by atoms with Crippen molar-refractivity contribution in [3.63, 3.8) is 0 Å². The second-order valence-electron chi connectivity index (χ2n) is 3.53. The van der Waals surface area contributed by atoms with Crippen LogP contribution < -0.4 is 4.74 Å². The first kappa shape index (κ1) is 14.9. The van der Waals surface area contributed by atoms with E-state index in [-0.39, 0.29) is 4.83 Å². The van der Waals surface area contributed by atoms with Crippen molar-refractivity contribution in [3.05, 3.63) is 48.0 Å². The lowest BCUT2D eigenvalue weighted by atomic mass is 10.1. The first-order valence-corrected chi connectivity index (χ1v) is 8.64. The Bertz CT molecular complexity index is 570. The molecule has 1 nitrogen and oxygen atoms in total. The van der Waals surface area contributed by atoms with Crippen molar-refractivity contribution in [3.8, 4) is 5.75 Å². The van der Waals surface area contributed by atoms with Gasteiger partial charge in [0.05, 0.1) is 19.5 Å². The van der Waals surface area contributed by atoms with E-state index in [1.165, 1.54) is 0 Å². The van der Waals surface area contributed by atoms with E-state index in [0.717, 1.165) is 24.4 Å². The highest BCUT2D eigenvalue weighted by molar-refractivity contribution is 9.12. The number of halogens is 4. The molecule has 0 aliphatic rings. The zero-order valence-electron chi connectivity index (χ0n) is 9.22. The van der Waals surface area contributed by atoms with Gasteiger partial charge in [-0.05, 0) is 61.2 Å². The lowest BCUT2D eigenvalue weighted by Crippen LogP contribution is -1.93. The monoisotopic (exact) mass is 472 g/mol.